The number of nitrogens with one attached hydrogen (secondary N) is 2. The molecule has 0 saturated heterocycles. The third-order valence-corrected chi connectivity index (χ3v) is 4.72. The van der Waals surface area contributed by atoms with E-state index in [1.54, 1.807) is 20.8 Å². The maximum Gasteiger partial charge on any atom is 0.327 e. The SMILES string of the molecule is CC(C)(C)[S@@](=O)NC(=O)N[C@H]1c2ccccc2C[C@H]1O. The number of carbonyl (C=O) groups is 1. The van der Waals surface area contributed by atoms with Gasteiger partial charge in [-0.1, -0.05) is 24.3 Å². The van der Waals surface area contributed by atoms with Crippen LogP contribution in [-0.2, 0) is 17.4 Å². The number of aliphatic hydroxyl groups is 1. The molecule has 0 radical (unpaired) electrons. The topological polar surface area (TPSA) is 78.4 Å². The van der Waals surface area contributed by atoms with Crippen molar-refractivity contribution in [3.05, 3.63) is 35.4 Å². The fraction of sp³-hybridized carbons (Fsp3) is 0.500. The lowest BCUT2D eigenvalue weighted by molar-refractivity contribution is 0.143. The van der Waals surface area contributed by atoms with Gasteiger partial charge < -0.3 is 10.4 Å². The highest BCUT2D eigenvalue weighted by atomic mass is 32.2. The molecule has 3 atom stereocenters. The van der Waals surface area contributed by atoms with Gasteiger partial charge in [0.05, 0.1) is 16.9 Å². The normalized spacial score (nSPS) is 23.0. The van der Waals surface area contributed by atoms with Crippen LogP contribution in [0.2, 0.25) is 0 Å². The number of aliphatic hydroxyl groups excluding tert-OH is 1. The Balaban J connectivity index is 2.04. The summed E-state index contributed by atoms with van der Waals surface area (Å²) < 4.78 is 13.7. The van der Waals surface area contributed by atoms with Crippen LogP contribution < -0.4 is 10.0 Å². The Morgan fingerprint density at radius 3 is 2.65 bits per heavy atom. The van der Waals surface area contributed by atoms with Gasteiger partial charge in [-0.2, -0.15) is 0 Å². The molecule has 2 rings (SSSR count). The summed E-state index contributed by atoms with van der Waals surface area (Å²) in [5.74, 6) is 0. The van der Waals surface area contributed by atoms with Crippen LogP contribution in [0.1, 0.15) is 37.9 Å². The van der Waals surface area contributed by atoms with Crippen molar-refractivity contribution < 1.29 is 14.1 Å². The second-order valence-corrected chi connectivity index (χ2v) is 7.87. The first-order valence-corrected chi connectivity index (χ1v) is 7.69. The van der Waals surface area contributed by atoms with E-state index in [1.807, 2.05) is 24.3 Å². The first-order chi connectivity index (χ1) is 9.29. The quantitative estimate of drug-likeness (QED) is 0.772. The molecule has 1 aliphatic carbocycles. The number of fused-ring (bicyclic) bond motifs is 1. The van der Waals surface area contributed by atoms with E-state index in [0.29, 0.717) is 6.42 Å². The predicted octanol–water partition coefficient (Wildman–Crippen LogP) is 1.41. The monoisotopic (exact) mass is 296 g/mol. The number of carbonyl (C=O) groups excluding carboxylic acids is 1. The lowest BCUT2D eigenvalue weighted by Gasteiger charge is -2.21. The third-order valence-electron chi connectivity index (χ3n) is 3.23. The van der Waals surface area contributed by atoms with Crippen molar-refractivity contribution >= 4 is 17.0 Å². The van der Waals surface area contributed by atoms with Gasteiger partial charge in [-0.25, -0.2) is 9.00 Å². The zero-order valence-electron chi connectivity index (χ0n) is 11.8. The van der Waals surface area contributed by atoms with Gasteiger partial charge in [-0.05, 0) is 31.9 Å². The Bertz CT molecular complexity index is 539. The minimum absolute atomic E-state index is 0.455. The maximum absolute atomic E-state index is 11.9. The van der Waals surface area contributed by atoms with Gasteiger partial charge in [0.25, 0.3) is 0 Å². The minimum atomic E-state index is -1.48. The van der Waals surface area contributed by atoms with Crippen molar-refractivity contribution in [2.45, 2.75) is 44.1 Å². The van der Waals surface area contributed by atoms with Gasteiger partial charge in [0, 0.05) is 6.42 Å². The van der Waals surface area contributed by atoms with Gasteiger partial charge in [-0.15, -0.1) is 0 Å². The van der Waals surface area contributed by atoms with Crippen molar-refractivity contribution in [2.24, 2.45) is 0 Å². The minimum Gasteiger partial charge on any atom is -0.390 e. The van der Waals surface area contributed by atoms with Crippen LogP contribution in [-0.4, -0.2) is 26.2 Å². The van der Waals surface area contributed by atoms with Crippen molar-refractivity contribution in [1.82, 2.24) is 10.0 Å². The molecule has 0 spiro atoms. The zero-order valence-corrected chi connectivity index (χ0v) is 12.7. The van der Waals surface area contributed by atoms with Crippen molar-refractivity contribution in [3.63, 3.8) is 0 Å². The summed E-state index contributed by atoms with van der Waals surface area (Å²) >= 11 is 0. The molecule has 2 amide bonds. The molecule has 0 saturated carbocycles. The maximum atomic E-state index is 11.9. The van der Waals surface area contributed by atoms with Gasteiger partial charge in [0.2, 0.25) is 0 Å². The largest absolute Gasteiger partial charge is 0.390 e. The van der Waals surface area contributed by atoms with E-state index >= 15 is 0 Å². The third kappa shape index (κ3) is 3.19. The molecule has 6 heteroatoms. The summed E-state index contributed by atoms with van der Waals surface area (Å²) in [5, 5.41) is 12.7. The van der Waals surface area contributed by atoms with Gasteiger partial charge in [0.15, 0.2) is 0 Å². The Morgan fingerprint density at radius 1 is 1.35 bits per heavy atom. The van der Waals surface area contributed by atoms with Crippen LogP contribution in [0.5, 0.6) is 0 Å². The van der Waals surface area contributed by atoms with E-state index in [9.17, 15) is 14.1 Å². The molecule has 1 aliphatic rings. The van der Waals surface area contributed by atoms with Crippen LogP contribution in [0.25, 0.3) is 0 Å². The summed E-state index contributed by atoms with van der Waals surface area (Å²) in [7, 11) is -1.48. The van der Waals surface area contributed by atoms with Crippen LogP contribution in [0, 0.1) is 0 Å². The number of rotatable bonds is 2. The zero-order chi connectivity index (χ0) is 14.9. The average Bonchev–Trinajstić information content (AvgIpc) is 2.65. The van der Waals surface area contributed by atoms with Crippen molar-refractivity contribution in [2.75, 3.05) is 0 Å². The predicted molar refractivity (Wildman–Crippen MR) is 78.5 cm³/mol. The van der Waals surface area contributed by atoms with Crippen molar-refractivity contribution in [3.8, 4) is 0 Å². The first-order valence-electron chi connectivity index (χ1n) is 6.54. The Hall–Kier alpha value is -1.40. The highest BCUT2D eigenvalue weighted by Crippen LogP contribution is 2.31. The Morgan fingerprint density at radius 2 is 2.00 bits per heavy atom. The summed E-state index contributed by atoms with van der Waals surface area (Å²) in [4.78, 5) is 11.9. The summed E-state index contributed by atoms with van der Waals surface area (Å²) in [6.45, 7) is 5.34. The second-order valence-electron chi connectivity index (χ2n) is 5.90. The Labute approximate surface area is 121 Å². The lowest BCUT2D eigenvalue weighted by Crippen LogP contribution is -2.45. The van der Waals surface area contributed by atoms with Crippen LogP contribution in [0.3, 0.4) is 0 Å². The van der Waals surface area contributed by atoms with Crippen LogP contribution in [0.4, 0.5) is 4.79 Å². The number of hydrogen-bond donors (Lipinski definition) is 3. The standard InChI is InChI=1S/C14H20N2O3S/c1-14(2,3)20(19)16-13(18)15-12-10-7-5-4-6-9(10)8-11(12)17/h4-7,11-12,17H,8H2,1-3H3,(H2,15,16,18)/t11-,12+,20-/m1/s1. The summed E-state index contributed by atoms with van der Waals surface area (Å²) in [6, 6.07) is 6.62. The molecule has 0 aliphatic heterocycles. The molecule has 1 aromatic rings. The number of amides is 2. The van der Waals surface area contributed by atoms with Gasteiger partial charge >= 0.3 is 6.03 Å². The van der Waals surface area contributed by atoms with Crippen LogP contribution >= 0.6 is 0 Å². The first kappa shape index (κ1) is 15.0. The molecule has 0 aromatic heterocycles. The number of benzene rings is 1. The summed E-state index contributed by atoms with van der Waals surface area (Å²) in [6.07, 6.45) is -0.134. The molecule has 0 fully saturated rings. The highest BCUT2D eigenvalue weighted by Gasteiger charge is 2.32. The summed E-state index contributed by atoms with van der Waals surface area (Å²) in [5.41, 5.74) is 1.94. The van der Waals surface area contributed by atoms with E-state index in [-0.39, 0.29) is 0 Å². The molecule has 1 aromatic carbocycles. The molecule has 3 N–H and O–H groups in total. The van der Waals surface area contributed by atoms with E-state index in [4.69, 9.17) is 0 Å². The van der Waals surface area contributed by atoms with E-state index in [2.05, 4.69) is 10.0 Å². The molecule has 20 heavy (non-hydrogen) atoms. The fourth-order valence-electron chi connectivity index (χ4n) is 2.16. The molecular weight excluding hydrogens is 276 g/mol. The van der Waals surface area contributed by atoms with Crippen molar-refractivity contribution in [1.29, 1.82) is 0 Å². The Kier molecular flexibility index (Phi) is 4.15. The average molecular weight is 296 g/mol. The van der Waals surface area contributed by atoms with Gasteiger partial charge in [0.1, 0.15) is 11.0 Å². The molecule has 0 heterocycles. The number of hydrogen-bond acceptors (Lipinski definition) is 3. The fourth-order valence-corrected chi connectivity index (χ4v) is 2.69. The number of urea groups is 1. The molecule has 0 unspecified atom stereocenters. The van der Waals surface area contributed by atoms with Crippen LogP contribution in [0.15, 0.2) is 24.3 Å². The van der Waals surface area contributed by atoms with E-state index in [1.165, 1.54) is 0 Å². The van der Waals surface area contributed by atoms with Gasteiger partial charge in [-0.3, -0.25) is 4.72 Å². The molecular formula is C14H20N2O3S. The van der Waals surface area contributed by atoms with E-state index < -0.39 is 33.9 Å². The van der Waals surface area contributed by atoms with E-state index in [0.717, 1.165) is 11.1 Å². The highest BCUT2D eigenvalue weighted by molar-refractivity contribution is 7.85. The smallest absolute Gasteiger partial charge is 0.327 e. The second kappa shape index (κ2) is 5.54. The molecule has 0 bridgehead atoms. The molecule has 5 nitrogen and oxygen atoms in total. The molecule has 110 valence electrons. The lowest BCUT2D eigenvalue weighted by atomic mass is 10.1.